The van der Waals surface area contributed by atoms with Gasteiger partial charge in [-0.1, -0.05) is 19.1 Å². The topological polar surface area (TPSA) is 29.5 Å². The Balaban J connectivity index is 1.98. The number of hydrogen-bond acceptors (Lipinski definition) is 2. The van der Waals surface area contributed by atoms with Crippen molar-refractivity contribution in [2.75, 3.05) is 7.11 Å². The molecule has 0 heterocycles. The first kappa shape index (κ1) is 12.4. The van der Waals surface area contributed by atoms with Crippen LogP contribution in [0.3, 0.4) is 0 Å². The molecule has 0 radical (unpaired) electrons. The van der Waals surface area contributed by atoms with Crippen molar-refractivity contribution < 1.29 is 9.84 Å². The van der Waals surface area contributed by atoms with Crippen molar-refractivity contribution in [2.24, 2.45) is 11.8 Å². The predicted molar refractivity (Wildman–Crippen MR) is 69.2 cm³/mol. The van der Waals surface area contributed by atoms with E-state index in [9.17, 15) is 5.11 Å². The van der Waals surface area contributed by atoms with Crippen molar-refractivity contribution in [3.05, 3.63) is 29.8 Å². The Morgan fingerprint density at radius 3 is 2.59 bits per heavy atom. The number of ether oxygens (including phenoxy) is 1. The molecule has 1 aromatic rings. The molecule has 0 amide bonds. The molecule has 1 aromatic carbocycles. The minimum Gasteiger partial charge on any atom is -0.497 e. The van der Waals surface area contributed by atoms with Gasteiger partial charge in [0.25, 0.3) is 0 Å². The first-order chi connectivity index (χ1) is 8.19. The lowest BCUT2D eigenvalue weighted by Gasteiger charge is -2.31. The summed E-state index contributed by atoms with van der Waals surface area (Å²) < 4.78 is 5.15. The van der Waals surface area contributed by atoms with Gasteiger partial charge < -0.3 is 9.84 Å². The Labute approximate surface area is 104 Å². The van der Waals surface area contributed by atoms with Crippen molar-refractivity contribution in [3.8, 4) is 5.75 Å². The van der Waals surface area contributed by atoms with Crippen LogP contribution >= 0.6 is 0 Å². The van der Waals surface area contributed by atoms with Crippen LogP contribution in [0.2, 0.25) is 0 Å². The Kier molecular flexibility index (Phi) is 4.06. The van der Waals surface area contributed by atoms with Gasteiger partial charge in [0, 0.05) is 0 Å². The molecule has 0 bridgehead atoms. The van der Waals surface area contributed by atoms with E-state index >= 15 is 0 Å². The van der Waals surface area contributed by atoms with E-state index in [-0.39, 0.29) is 6.10 Å². The first-order valence-electron chi connectivity index (χ1n) is 6.50. The summed E-state index contributed by atoms with van der Waals surface area (Å²) in [5.41, 5.74) is 1.30. The van der Waals surface area contributed by atoms with E-state index in [0.717, 1.165) is 30.9 Å². The number of methoxy groups -OCH3 is 1. The molecule has 1 N–H and O–H groups in total. The summed E-state index contributed by atoms with van der Waals surface area (Å²) in [7, 11) is 1.68. The highest BCUT2D eigenvalue weighted by atomic mass is 16.5. The van der Waals surface area contributed by atoms with Crippen LogP contribution in [0.15, 0.2) is 24.3 Å². The van der Waals surface area contributed by atoms with Crippen LogP contribution in [0.5, 0.6) is 5.75 Å². The maximum absolute atomic E-state index is 10.0. The molecule has 94 valence electrons. The lowest BCUT2D eigenvalue weighted by Crippen LogP contribution is -2.29. The first-order valence-corrected chi connectivity index (χ1v) is 6.50. The van der Waals surface area contributed by atoms with Gasteiger partial charge in [0.1, 0.15) is 5.75 Å². The zero-order chi connectivity index (χ0) is 12.3. The predicted octanol–water partition coefficient (Wildman–Crippen LogP) is 3.03. The normalized spacial score (nSPS) is 29.0. The molecular formula is C15H22O2. The second-order valence-corrected chi connectivity index (χ2v) is 5.30. The minimum absolute atomic E-state index is 0.117. The Morgan fingerprint density at radius 1 is 1.24 bits per heavy atom. The van der Waals surface area contributed by atoms with Crippen molar-refractivity contribution >= 4 is 0 Å². The molecule has 3 atom stereocenters. The minimum atomic E-state index is -0.117. The number of hydrogen-bond donors (Lipinski definition) is 1. The van der Waals surface area contributed by atoms with Crippen molar-refractivity contribution in [1.82, 2.24) is 0 Å². The number of aliphatic hydroxyl groups is 1. The zero-order valence-corrected chi connectivity index (χ0v) is 10.7. The Hall–Kier alpha value is -1.02. The fourth-order valence-corrected chi connectivity index (χ4v) is 2.77. The van der Waals surface area contributed by atoms with Gasteiger partial charge in [-0.3, -0.25) is 0 Å². The second-order valence-electron chi connectivity index (χ2n) is 5.30. The van der Waals surface area contributed by atoms with Crippen LogP contribution in [0.1, 0.15) is 31.7 Å². The highest BCUT2D eigenvalue weighted by Gasteiger charge is 2.26. The molecule has 1 saturated carbocycles. The summed E-state index contributed by atoms with van der Waals surface area (Å²) in [4.78, 5) is 0. The third-order valence-electron chi connectivity index (χ3n) is 3.86. The van der Waals surface area contributed by atoms with Gasteiger partial charge in [0.05, 0.1) is 13.2 Å². The standard InChI is InChI=1S/C15H22O2/c1-11-3-8-15(16)13(9-11)10-12-4-6-14(17-2)7-5-12/h4-7,11,13,15-16H,3,8-10H2,1-2H3. The summed E-state index contributed by atoms with van der Waals surface area (Å²) in [5.74, 6) is 2.07. The van der Waals surface area contributed by atoms with E-state index in [1.165, 1.54) is 12.0 Å². The van der Waals surface area contributed by atoms with Crippen LogP contribution in [0.4, 0.5) is 0 Å². The molecule has 2 nitrogen and oxygen atoms in total. The molecule has 3 unspecified atom stereocenters. The maximum atomic E-state index is 10.0. The van der Waals surface area contributed by atoms with E-state index < -0.39 is 0 Å². The molecule has 0 aromatic heterocycles. The highest BCUT2D eigenvalue weighted by molar-refractivity contribution is 5.27. The third-order valence-corrected chi connectivity index (χ3v) is 3.86. The third kappa shape index (κ3) is 3.22. The van der Waals surface area contributed by atoms with Crippen LogP contribution in [0, 0.1) is 11.8 Å². The van der Waals surface area contributed by atoms with Crippen molar-refractivity contribution in [1.29, 1.82) is 0 Å². The van der Waals surface area contributed by atoms with E-state index in [0.29, 0.717) is 5.92 Å². The van der Waals surface area contributed by atoms with Gasteiger partial charge in [0.15, 0.2) is 0 Å². The summed E-state index contributed by atoms with van der Waals surface area (Å²) in [6.07, 6.45) is 4.14. The van der Waals surface area contributed by atoms with Gasteiger partial charge in [-0.2, -0.15) is 0 Å². The summed E-state index contributed by atoms with van der Waals surface area (Å²) >= 11 is 0. The van der Waals surface area contributed by atoms with Gasteiger partial charge in [-0.25, -0.2) is 0 Å². The average molecular weight is 234 g/mol. The molecular weight excluding hydrogens is 212 g/mol. The maximum Gasteiger partial charge on any atom is 0.118 e. The van der Waals surface area contributed by atoms with Gasteiger partial charge in [-0.15, -0.1) is 0 Å². The van der Waals surface area contributed by atoms with Crippen molar-refractivity contribution in [2.45, 2.75) is 38.7 Å². The fourth-order valence-electron chi connectivity index (χ4n) is 2.77. The Morgan fingerprint density at radius 2 is 1.94 bits per heavy atom. The van der Waals surface area contributed by atoms with Crippen LogP contribution in [0.25, 0.3) is 0 Å². The van der Waals surface area contributed by atoms with Gasteiger partial charge >= 0.3 is 0 Å². The van der Waals surface area contributed by atoms with Crippen LogP contribution in [-0.2, 0) is 6.42 Å². The van der Waals surface area contributed by atoms with E-state index in [4.69, 9.17) is 4.74 Å². The number of benzene rings is 1. The van der Waals surface area contributed by atoms with E-state index in [2.05, 4.69) is 19.1 Å². The second kappa shape index (κ2) is 5.54. The largest absolute Gasteiger partial charge is 0.497 e. The smallest absolute Gasteiger partial charge is 0.118 e. The molecule has 0 saturated heterocycles. The SMILES string of the molecule is COc1ccc(CC2CC(C)CCC2O)cc1. The lowest BCUT2D eigenvalue weighted by atomic mass is 9.77. The number of rotatable bonds is 3. The summed E-state index contributed by atoms with van der Waals surface area (Å²) in [6, 6.07) is 8.19. The molecule has 0 aliphatic heterocycles. The van der Waals surface area contributed by atoms with Crippen LogP contribution < -0.4 is 4.74 Å². The van der Waals surface area contributed by atoms with Gasteiger partial charge in [-0.05, 0) is 55.2 Å². The highest BCUT2D eigenvalue weighted by Crippen LogP contribution is 2.31. The van der Waals surface area contributed by atoms with E-state index in [1.54, 1.807) is 7.11 Å². The van der Waals surface area contributed by atoms with E-state index in [1.807, 2.05) is 12.1 Å². The van der Waals surface area contributed by atoms with Crippen LogP contribution in [-0.4, -0.2) is 18.3 Å². The fraction of sp³-hybridized carbons (Fsp3) is 0.600. The molecule has 1 fully saturated rings. The van der Waals surface area contributed by atoms with Gasteiger partial charge in [0.2, 0.25) is 0 Å². The summed E-state index contributed by atoms with van der Waals surface area (Å²) in [6.45, 7) is 2.28. The van der Waals surface area contributed by atoms with Crippen molar-refractivity contribution in [3.63, 3.8) is 0 Å². The molecule has 1 aliphatic carbocycles. The summed E-state index contributed by atoms with van der Waals surface area (Å²) in [5, 5.41) is 10.0. The Bertz CT molecular complexity index is 344. The lowest BCUT2D eigenvalue weighted by molar-refractivity contribution is 0.0519. The molecule has 2 rings (SSSR count). The zero-order valence-electron chi connectivity index (χ0n) is 10.7. The molecule has 2 heteroatoms. The molecule has 17 heavy (non-hydrogen) atoms. The number of aliphatic hydroxyl groups excluding tert-OH is 1. The molecule has 1 aliphatic rings. The monoisotopic (exact) mass is 234 g/mol. The quantitative estimate of drug-likeness (QED) is 0.871. The average Bonchev–Trinajstić information content (AvgIpc) is 2.35. The molecule has 0 spiro atoms.